The van der Waals surface area contributed by atoms with E-state index in [-0.39, 0.29) is 5.92 Å². The average molecular weight is 282 g/mol. The van der Waals surface area contributed by atoms with E-state index in [1.807, 2.05) is 6.92 Å². The van der Waals surface area contributed by atoms with Crippen molar-refractivity contribution in [2.75, 3.05) is 39.4 Å². The van der Waals surface area contributed by atoms with E-state index < -0.39 is 25.3 Å². The predicted molar refractivity (Wildman–Crippen MR) is 64.7 cm³/mol. The molecule has 0 radical (unpaired) electrons. The van der Waals surface area contributed by atoms with Crippen LogP contribution in [0.1, 0.15) is 19.8 Å². The molecule has 1 unspecified atom stereocenters. The lowest BCUT2D eigenvalue weighted by Crippen LogP contribution is -2.36. The minimum absolute atomic E-state index is 0.282. The van der Waals surface area contributed by atoms with Crippen LogP contribution in [-0.2, 0) is 9.53 Å². The first-order chi connectivity index (χ1) is 8.87. The normalized spacial score (nSPS) is 18.5. The van der Waals surface area contributed by atoms with Crippen molar-refractivity contribution in [3.8, 4) is 0 Å². The number of alkyl halides is 3. The van der Waals surface area contributed by atoms with Gasteiger partial charge in [-0.2, -0.15) is 13.2 Å². The zero-order valence-corrected chi connectivity index (χ0v) is 11.1. The number of carbonyl (C=O) groups excluding carboxylic acids is 1. The second-order valence-corrected chi connectivity index (χ2v) is 5.02. The van der Waals surface area contributed by atoms with Crippen molar-refractivity contribution >= 4 is 5.91 Å². The molecule has 0 bridgehead atoms. The van der Waals surface area contributed by atoms with Crippen LogP contribution in [0.4, 0.5) is 13.2 Å². The fourth-order valence-electron chi connectivity index (χ4n) is 2.07. The van der Waals surface area contributed by atoms with Gasteiger partial charge < -0.3 is 15.0 Å². The van der Waals surface area contributed by atoms with E-state index in [2.05, 4.69) is 15.0 Å². The largest absolute Gasteiger partial charge is 0.411 e. The molecular weight excluding hydrogens is 261 g/mol. The average Bonchev–Trinajstić information content (AvgIpc) is 2.77. The number of hydrogen-bond donors (Lipinski definition) is 1. The quantitative estimate of drug-likeness (QED) is 0.767. The van der Waals surface area contributed by atoms with Crippen molar-refractivity contribution in [1.82, 2.24) is 10.2 Å². The molecule has 1 heterocycles. The summed E-state index contributed by atoms with van der Waals surface area (Å²) in [5.41, 5.74) is 0. The lowest BCUT2D eigenvalue weighted by Gasteiger charge is -2.20. The summed E-state index contributed by atoms with van der Waals surface area (Å²) in [6.07, 6.45) is -1.96. The van der Waals surface area contributed by atoms with Gasteiger partial charge in [-0.1, -0.05) is 6.92 Å². The van der Waals surface area contributed by atoms with Gasteiger partial charge in [0.2, 0.25) is 5.91 Å². The molecule has 19 heavy (non-hydrogen) atoms. The van der Waals surface area contributed by atoms with Gasteiger partial charge in [-0.15, -0.1) is 0 Å². The fourth-order valence-corrected chi connectivity index (χ4v) is 2.07. The van der Waals surface area contributed by atoms with Crippen molar-refractivity contribution in [2.24, 2.45) is 5.92 Å². The molecule has 1 aliphatic heterocycles. The molecule has 1 rings (SSSR count). The van der Waals surface area contributed by atoms with E-state index in [4.69, 9.17) is 0 Å². The fraction of sp³-hybridized carbons (Fsp3) is 0.917. The maximum atomic E-state index is 11.8. The van der Waals surface area contributed by atoms with Crippen LogP contribution in [0, 0.1) is 5.92 Å². The van der Waals surface area contributed by atoms with Gasteiger partial charge in [0.1, 0.15) is 13.2 Å². The Balaban J connectivity index is 2.05. The summed E-state index contributed by atoms with van der Waals surface area (Å²) >= 11 is 0. The zero-order chi connectivity index (χ0) is 14.3. The van der Waals surface area contributed by atoms with Gasteiger partial charge in [-0.3, -0.25) is 4.79 Å². The van der Waals surface area contributed by atoms with Crippen molar-refractivity contribution in [1.29, 1.82) is 0 Å². The maximum Gasteiger partial charge on any atom is 0.411 e. The summed E-state index contributed by atoms with van der Waals surface area (Å²) in [5, 5.41) is 2.58. The molecular formula is C12H21F3N2O2. The number of nitrogens with one attached hydrogen (secondary N) is 1. The number of halogens is 3. The molecule has 1 aliphatic rings. The van der Waals surface area contributed by atoms with Crippen LogP contribution in [0.15, 0.2) is 0 Å². The first-order valence-electron chi connectivity index (χ1n) is 6.50. The maximum absolute atomic E-state index is 11.8. The molecule has 0 aromatic heterocycles. The van der Waals surface area contributed by atoms with Crippen LogP contribution >= 0.6 is 0 Å². The van der Waals surface area contributed by atoms with Crippen molar-refractivity contribution in [3.63, 3.8) is 0 Å². The highest BCUT2D eigenvalue weighted by Gasteiger charge is 2.27. The van der Waals surface area contributed by atoms with E-state index in [1.54, 1.807) is 0 Å². The van der Waals surface area contributed by atoms with E-state index in [0.29, 0.717) is 6.54 Å². The van der Waals surface area contributed by atoms with Gasteiger partial charge in [0.25, 0.3) is 0 Å². The zero-order valence-electron chi connectivity index (χ0n) is 11.1. The van der Waals surface area contributed by atoms with Crippen LogP contribution in [0.2, 0.25) is 0 Å². The lowest BCUT2D eigenvalue weighted by molar-refractivity contribution is -0.175. The molecule has 7 heteroatoms. The van der Waals surface area contributed by atoms with Gasteiger partial charge in [-0.05, 0) is 31.8 Å². The van der Waals surface area contributed by atoms with Crippen molar-refractivity contribution in [2.45, 2.75) is 25.9 Å². The van der Waals surface area contributed by atoms with E-state index in [0.717, 1.165) is 19.6 Å². The lowest BCUT2D eigenvalue weighted by atomic mass is 10.1. The molecule has 4 nitrogen and oxygen atoms in total. The molecule has 1 N–H and O–H groups in total. The Hall–Kier alpha value is -0.820. The minimum Gasteiger partial charge on any atom is -0.362 e. The summed E-state index contributed by atoms with van der Waals surface area (Å²) < 4.78 is 39.6. The van der Waals surface area contributed by atoms with Gasteiger partial charge in [-0.25, -0.2) is 0 Å². The summed E-state index contributed by atoms with van der Waals surface area (Å²) in [6, 6.07) is 0. The first kappa shape index (κ1) is 16.2. The second-order valence-electron chi connectivity index (χ2n) is 5.02. The topological polar surface area (TPSA) is 41.6 Å². The van der Waals surface area contributed by atoms with Crippen LogP contribution in [0.5, 0.6) is 0 Å². The highest BCUT2D eigenvalue weighted by molar-refractivity contribution is 5.77. The number of carbonyl (C=O) groups is 1. The number of likely N-dealkylation sites (tertiary alicyclic amines) is 1. The Kier molecular flexibility index (Phi) is 6.57. The summed E-state index contributed by atoms with van der Waals surface area (Å²) in [6.45, 7) is 3.63. The Labute approximate surface area is 111 Å². The SMILES string of the molecule is CC(CNC(=O)COCC(F)(F)F)CN1CCCC1. The molecule has 1 saturated heterocycles. The molecule has 1 atom stereocenters. The second kappa shape index (κ2) is 7.69. The number of ether oxygens (including phenoxy) is 1. The highest BCUT2D eigenvalue weighted by Crippen LogP contribution is 2.14. The summed E-state index contributed by atoms with van der Waals surface area (Å²) in [7, 11) is 0. The summed E-state index contributed by atoms with van der Waals surface area (Å²) in [5.74, 6) is -0.220. The van der Waals surface area contributed by atoms with Gasteiger partial charge in [0.15, 0.2) is 0 Å². The molecule has 0 aromatic rings. The first-order valence-corrected chi connectivity index (χ1v) is 6.50. The van der Waals surface area contributed by atoms with E-state index in [9.17, 15) is 18.0 Å². The molecule has 1 fully saturated rings. The third kappa shape index (κ3) is 8.05. The summed E-state index contributed by atoms with van der Waals surface area (Å²) in [4.78, 5) is 13.6. The molecule has 1 amide bonds. The number of hydrogen-bond acceptors (Lipinski definition) is 3. The van der Waals surface area contributed by atoms with Gasteiger partial charge in [0.05, 0.1) is 0 Å². The minimum atomic E-state index is -4.39. The molecule has 0 spiro atoms. The monoisotopic (exact) mass is 282 g/mol. The van der Waals surface area contributed by atoms with Crippen molar-refractivity contribution < 1.29 is 22.7 Å². The van der Waals surface area contributed by atoms with E-state index in [1.165, 1.54) is 12.8 Å². The van der Waals surface area contributed by atoms with Crippen LogP contribution in [0.25, 0.3) is 0 Å². The molecule has 0 aromatic carbocycles. The van der Waals surface area contributed by atoms with Crippen LogP contribution in [0.3, 0.4) is 0 Å². The molecule has 0 saturated carbocycles. The van der Waals surface area contributed by atoms with Gasteiger partial charge >= 0.3 is 6.18 Å². The molecule has 0 aliphatic carbocycles. The Morgan fingerprint density at radius 1 is 1.37 bits per heavy atom. The number of rotatable bonds is 7. The Morgan fingerprint density at radius 2 is 2.00 bits per heavy atom. The van der Waals surface area contributed by atoms with Crippen LogP contribution < -0.4 is 5.32 Å². The number of nitrogens with zero attached hydrogens (tertiary/aromatic N) is 1. The molecule has 112 valence electrons. The van der Waals surface area contributed by atoms with Gasteiger partial charge in [0, 0.05) is 13.1 Å². The third-order valence-electron chi connectivity index (χ3n) is 2.92. The smallest absolute Gasteiger partial charge is 0.362 e. The third-order valence-corrected chi connectivity index (χ3v) is 2.92. The highest BCUT2D eigenvalue weighted by atomic mass is 19.4. The van der Waals surface area contributed by atoms with Crippen LogP contribution in [-0.4, -0.2) is 56.4 Å². The number of amides is 1. The Morgan fingerprint density at radius 3 is 2.58 bits per heavy atom. The van der Waals surface area contributed by atoms with E-state index >= 15 is 0 Å². The predicted octanol–water partition coefficient (Wildman–Crippen LogP) is 1.41. The van der Waals surface area contributed by atoms with Crippen molar-refractivity contribution in [3.05, 3.63) is 0 Å². The standard InChI is InChI=1S/C12H21F3N2O2/c1-10(7-17-4-2-3-5-17)6-16-11(18)8-19-9-12(13,14)15/h10H,2-9H2,1H3,(H,16,18). The Bertz CT molecular complexity index is 279.